The number of rotatable bonds is 4. The summed E-state index contributed by atoms with van der Waals surface area (Å²) >= 11 is 0. The first-order valence-corrected chi connectivity index (χ1v) is 5.08. The van der Waals surface area contributed by atoms with E-state index in [1.165, 1.54) is 24.3 Å². The van der Waals surface area contributed by atoms with Gasteiger partial charge in [0.05, 0.1) is 19.3 Å². The molecule has 0 saturated carbocycles. The number of carbonyl (C=O) groups is 1. The molecule has 1 aromatic rings. The molecule has 0 atom stereocenters. The Morgan fingerprint density at radius 2 is 2.24 bits per heavy atom. The maximum atomic E-state index is 12.0. The zero-order valence-electron chi connectivity index (χ0n) is 8.86. The van der Waals surface area contributed by atoms with Gasteiger partial charge in [0.25, 0.3) is 5.91 Å². The van der Waals surface area contributed by atoms with Crippen molar-refractivity contribution in [1.82, 2.24) is 5.32 Å². The van der Waals surface area contributed by atoms with Gasteiger partial charge in [-0.2, -0.15) is 8.78 Å². The van der Waals surface area contributed by atoms with Gasteiger partial charge in [0.2, 0.25) is 0 Å². The maximum absolute atomic E-state index is 12.0. The molecule has 0 radical (unpaired) electrons. The molecule has 92 valence electrons. The fourth-order valence-corrected chi connectivity index (χ4v) is 1.40. The lowest BCUT2D eigenvalue weighted by atomic mass is 10.1. The lowest BCUT2D eigenvalue weighted by Crippen LogP contribution is -2.48. The van der Waals surface area contributed by atoms with Gasteiger partial charge in [0.15, 0.2) is 0 Å². The van der Waals surface area contributed by atoms with Gasteiger partial charge in [-0.1, -0.05) is 6.07 Å². The SMILES string of the molecule is O=C(NC1COC1)c1cccc(OC(F)F)c1. The fraction of sp³-hybridized carbons (Fsp3) is 0.364. The van der Waals surface area contributed by atoms with Gasteiger partial charge in [-0.05, 0) is 18.2 Å². The number of nitrogens with one attached hydrogen (secondary N) is 1. The van der Waals surface area contributed by atoms with Crippen LogP contribution >= 0.6 is 0 Å². The molecule has 2 rings (SSSR count). The monoisotopic (exact) mass is 243 g/mol. The number of halogens is 2. The fourth-order valence-electron chi connectivity index (χ4n) is 1.40. The van der Waals surface area contributed by atoms with Gasteiger partial charge in [-0.15, -0.1) is 0 Å². The number of carbonyl (C=O) groups excluding carboxylic acids is 1. The Morgan fingerprint density at radius 1 is 1.47 bits per heavy atom. The molecule has 1 N–H and O–H groups in total. The minimum absolute atomic E-state index is 0.00201. The van der Waals surface area contributed by atoms with Crippen molar-refractivity contribution in [1.29, 1.82) is 0 Å². The van der Waals surface area contributed by atoms with Crippen LogP contribution in [0.3, 0.4) is 0 Å². The largest absolute Gasteiger partial charge is 0.435 e. The van der Waals surface area contributed by atoms with Crippen LogP contribution in [0.4, 0.5) is 8.78 Å². The standard InChI is InChI=1S/C11H11F2NO3/c12-11(13)17-9-3-1-2-7(4-9)10(15)14-8-5-16-6-8/h1-4,8,11H,5-6H2,(H,14,15). The minimum atomic E-state index is -2.90. The summed E-state index contributed by atoms with van der Waals surface area (Å²) in [5.41, 5.74) is 0.287. The van der Waals surface area contributed by atoms with E-state index in [1.54, 1.807) is 0 Å². The average Bonchev–Trinajstić information content (AvgIpc) is 2.22. The number of hydrogen-bond acceptors (Lipinski definition) is 3. The van der Waals surface area contributed by atoms with E-state index in [4.69, 9.17) is 4.74 Å². The number of benzene rings is 1. The molecule has 4 nitrogen and oxygen atoms in total. The Kier molecular flexibility index (Phi) is 3.53. The van der Waals surface area contributed by atoms with Gasteiger partial charge in [-0.3, -0.25) is 4.79 Å². The lowest BCUT2D eigenvalue weighted by molar-refractivity contribution is -0.0498. The van der Waals surface area contributed by atoms with Crippen molar-refractivity contribution >= 4 is 5.91 Å². The van der Waals surface area contributed by atoms with Crippen molar-refractivity contribution < 1.29 is 23.0 Å². The average molecular weight is 243 g/mol. The third-order valence-electron chi connectivity index (χ3n) is 2.29. The predicted molar refractivity (Wildman–Crippen MR) is 55.1 cm³/mol. The smallest absolute Gasteiger partial charge is 0.387 e. The van der Waals surface area contributed by atoms with E-state index in [1.807, 2.05) is 0 Å². The zero-order valence-corrected chi connectivity index (χ0v) is 8.86. The minimum Gasteiger partial charge on any atom is -0.435 e. The van der Waals surface area contributed by atoms with E-state index in [0.717, 1.165) is 0 Å². The van der Waals surface area contributed by atoms with E-state index in [0.29, 0.717) is 13.2 Å². The molecular weight excluding hydrogens is 232 g/mol. The van der Waals surface area contributed by atoms with Gasteiger partial charge in [0, 0.05) is 5.56 Å². The summed E-state index contributed by atoms with van der Waals surface area (Å²) in [6.45, 7) is -1.92. The molecule has 1 aromatic carbocycles. The van der Waals surface area contributed by atoms with Crippen LogP contribution < -0.4 is 10.1 Å². The number of hydrogen-bond donors (Lipinski definition) is 1. The topological polar surface area (TPSA) is 47.6 Å². The second-order valence-corrected chi connectivity index (χ2v) is 3.61. The van der Waals surface area contributed by atoms with Crippen LogP contribution in [0.1, 0.15) is 10.4 Å². The van der Waals surface area contributed by atoms with Crippen molar-refractivity contribution in [3.05, 3.63) is 29.8 Å². The van der Waals surface area contributed by atoms with Crippen LogP contribution in [0.5, 0.6) is 5.75 Å². The van der Waals surface area contributed by atoms with Crippen molar-refractivity contribution in [2.24, 2.45) is 0 Å². The Morgan fingerprint density at radius 3 is 2.82 bits per heavy atom. The van der Waals surface area contributed by atoms with E-state index < -0.39 is 6.61 Å². The number of amides is 1. The summed E-state index contributed by atoms with van der Waals surface area (Å²) < 4.78 is 33.1. The highest BCUT2D eigenvalue weighted by atomic mass is 19.3. The van der Waals surface area contributed by atoms with E-state index >= 15 is 0 Å². The van der Waals surface area contributed by atoms with E-state index in [-0.39, 0.29) is 23.3 Å². The van der Waals surface area contributed by atoms with Crippen LogP contribution in [0.2, 0.25) is 0 Å². The van der Waals surface area contributed by atoms with Gasteiger partial charge in [0.1, 0.15) is 5.75 Å². The first kappa shape index (κ1) is 11.8. The molecule has 1 saturated heterocycles. The molecular formula is C11H11F2NO3. The van der Waals surface area contributed by atoms with Gasteiger partial charge >= 0.3 is 6.61 Å². The van der Waals surface area contributed by atoms with Crippen LogP contribution in [0.25, 0.3) is 0 Å². The first-order chi connectivity index (χ1) is 8.15. The van der Waals surface area contributed by atoms with Gasteiger partial charge < -0.3 is 14.8 Å². The second-order valence-electron chi connectivity index (χ2n) is 3.61. The highest BCUT2D eigenvalue weighted by Crippen LogP contribution is 2.16. The Bertz CT molecular complexity index is 407. The Balaban J connectivity index is 2.01. The van der Waals surface area contributed by atoms with Crippen LogP contribution in [-0.4, -0.2) is 31.8 Å². The quantitative estimate of drug-likeness (QED) is 0.869. The molecule has 0 spiro atoms. The molecule has 0 bridgehead atoms. The van der Waals surface area contributed by atoms with Crippen LogP contribution in [0.15, 0.2) is 24.3 Å². The van der Waals surface area contributed by atoms with Crippen LogP contribution in [-0.2, 0) is 4.74 Å². The van der Waals surface area contributed by atoms with E-state index in [2.05, 4.69) is 10.1 Å². The third kappa shape index (κ3) is 3.13. The molecule has 0 aliphatic carbocycles. The molecule has 1 heterocycles. The molecule has 6 heteroatoms. The summed E-state index contributed by atoms with van der Waals surface area (Å²) in [5.74, 6) is -0.351. The number of ether oxygens (including phenoxy) is 2. The second kappa shape index (κ2) is 5.09. The van der Waals surface area contributed by atoms with E-state index in [9.17, 15) is 13.6 Å². The first-order valence-electron chi connectivity index (χ1n) is 5.08. The van der Waals surface area contributed by atoms with Crippen molar-refractivity contribution in [3.63, 3.8) is 0 Å². The highest BCUT2D eigenvalue weighted by Gasteiger charge is 2.21. The zero-order chi connectivity index (χ0) is 12.3. The molecule has 1 aliphatic rings. The lowest BCUT2D eigenvalue weighted by Gasteiger charge is -2.26. The predicted octanol–water partition coefficient (Wildman–Crippen LogP) is 1.42. The Labute approximate surface area is 96.5 Å². The summed E-state index contributed by atoms with van der Waals surface area (Å²) in [7, 11) is 0. The number of alkyl halides is 2. The molecule has 0 aromatic heterocycles. The molecule has 17 heavy (non-hydrogen) atoms. The van der Waals surface area contributed by atoms with Gasteiger partial charge in [-0.25, -0.2) is 0 Å². The molecule has 1 aliphatic heterocycles. The van der Waals surface area contributed by atoms with Crippen LogP contribution in [0, 0.1) is 0 Å². The van der Waals surface area contributed by atoms with Crippen molar-refractivity contribution in [3.8, 4) is 5.75 Å². The molecule has 1 fully saturated rings. The highest BCUT2D eigenvalue weighted by molar-refractivity contribution is 5.94. The summed E-state index contributed by atoms with van der Waals surface area (Å²) in [6.07, 6.45) is 0. The Hall–Kier alpha value is -1.69. The normalized spacial score (nSPS) is 15.5. The summed E-state index contributed by atoms with van der Waals surface area (Å²) in [4.78, 5) is 11.7. The summed E-state index contributed by atoms with van der Waals surface area (Å²) in [5, 5.41) is 2.71. The molecule has 0 unspecified atom stereocenters. The third-order valence-corrected chi connectivity index (χ3v) is 2.29. The molecule has 1 amide bonds. The van der Waals surface area contributed by atoms with Crippen molar-refractivity contribution in [2.45, 2.75) is 12.7 Å². The maximum Gasteiger partial charge on any atom is 0.387 e. The van der Waals surface area contributed by atoms with Crippen molar-refractivity contribution in [2.75, 3.05) is 13.2 Å². The summed E-state index contributed by atoms with van der Waals surface area (Å²) in [6, 6.07) is 5.68.